The van der Waals surface area contributed by atoms with Crippen LogP contribution in [0.4, 0.5) is 11.5 Å². The Morgan fingerprint density at radius 3 is 3.00 bits per heavy atom. The minimum Gasteiger partial charge on any atom is -0.378 e. The van der Waals surface area contributed by atoms with Crippen molar-refractivity contribution in [3.63, 3.8) is 0 Å². The lowest BCUT2D eigenvalue weighted by molar-refractivity contribution is 0.544. The summed E-state index contributed by atoms with van der Waals surface area (Å²) in [6.07, 6.45) is 0. The Morgan fingerprint density at radius 1 is 1.50 bits per heavy atom. The van der Waals surface area contributed by atoms with Crippen LogP contribution in [0.25, 0.3) is 0 Å². The van der Waals surface area contributed by atoms with Crippen molar-refractivity contribution in [2.45, 2.75) is 26.4 Å². The van der Waals surface area contributed by atoms with E-state index in [0.717, 1.165) is 23.7 Å². The zero-order valence-corrected chi connectivity index (χ0v) is 11.5. The molecule has 0 aromatic carbocycles. The summed E-state index contributed by atoms with van der Waals surface area (Å²) in [5.41, 5.74) is 2.05. The molecule has 2 aliphatic rings. The molecule has 3 rings (SSSR count). The highest BCUT2D eigenvalue weighted by atomic mass is 32.2. The van der Waals surface area contributed by atoms with Crippen LogP contribution in [-0.2, 0) is 16.4 Å². The molecule has 0 saturated carbocycles. The molecule has 18 heavy (non-hydrogen) atoms. The molecule has 0 radical (unpaired) electrons. The van der Waals surface area contributed by atoms with Gasteiger partial charge in [-0.05, 0) is 13.8 Å². The maximum atomic E-state index is 11.7. The molecule has 0 amide bonds. The molecule has 7 heteroatoms. The average Bonchev–Trinajstić information content (AvgIpc) is 2.64. The minimum absolute atomic E-state index is 0.0395. The van der Waals surface area contributed by atoms with Gasteiger partial charge in [-0.15, -0.1) is 0 Å². The van der Waals surface area contributed by atoms with Crippen molar-refractivity contribution in [3.8, 4) is 0 Å². The lowest BCUT2D eigenvalue weighted by atomic mass is 10.2. The summed E-state index contributed by atoms with van der Waals surface area (Å²) in [4.78, 5) is 2.20. The van der Waals surface area contributed by atoms with Crippen LogP contribution in [0.2, 0.25) is 0 Å². The fourth-order valence-corrected chi connectivity index (χ4v) is 4.37. The number of hydrogen-bond acceptors (Lipinski definition) is 5. The Labute approximate surface area is 107 Å². The summed E-state index contributed by atoms with van der Waals surface area (Å²) >= 11 is 0. The molecule has 1 atom stereocenters. The van der Waals surface area contributed by atoms with Gasteiger partial charge in [-0.2, -0.15) is 5.10 Å². The highest BCUT2D eigenvalue weighted by Crippen LogP contribution is 2.35. The van der Waals surface area contributed by atoms with E-state index in [0.29, 0.717) is 13.1 Å². The second kappa shape index (κ2) is 3.88. The predicted molar refractivity (Wildman–Crippen MR) is 70.9 cm³/mol. The van der Waals surface area contributed by atoms with Gasteiger partial charge < -0.3 is 10.2 Å². The SMILES string of the molecule is CCn1nc(C)c2c1N1CCS(=O)(=O)CC1CN2. The quantitative estimate of drug-likeness (QED) is 0.792. The van der Waals surface area contributed by atoms with E-state index in [-0.39, 0.29) is 17.5 Å². The van der Waals surface area contributed by atoms with Crippen molar-refractivity contribution < 1.29 is 8.42 Å². The van der Waals surface area contributed by atoms with E-state index < -0.39 is 9.84 Å². The van der Waals surface area contributed by atoms with Crippen LogP contribution in [0.3, 0.4) is 0 Å². The molecule has 1 aromatic heterocycles. The molecule has 0 bridgehead atoms. The molecule has 100 valence electrons. The molecule has 1 unspecified atom stereocenters. The molecule has 3 heterocycles. The summed E-state index contributed by atoms with van der Waals surface area (Å²) in [5, 5.41) is 7.83. The van der Waals surface area contributed by atoms with Gasteiger partial charge >= 0.3 is 0 Å². The number of hydrogen-bond donors (Lipinski definition) is 1. The van der Waals surface area contributed by atoms with E-state index in [1.54, 1.807) is 0 Å². The first-order chi connectivity index (χ1) is 8.52. The molecular weight excluding hydrogens is 252 g/mol. The van der Waals surface area contributed by atoms with Crippen LogP contribution in [0, 0.1) is 6.92 Å². The number of anilines is 2. The molecular formula is C11H18N4O2S. The lowest BCUT2D eigenvalue weighted by Crippen LogP contribution is -2.54. The Balaban J connectivity index is 2.03. The number of rotatable bonds is 1. The third-order valence-electron chi connectivity index (χ3n) is 3.72. The number of aryl methyl sites for hydroxylation is 2. The Kier molecular flexibility index (Phi) is 2.55. The summed E-state index contributed by atoms with van der Waals surface area (Å²) in [6, 6.07) is 0.0395. The van der Waals surface area contributed by atoms with E-state index in [9.17, 15) is 8.42 Å². The molecule has 6 nitrogen and oxygen atoms in total. The highest BCUT2D eigenvalue weighted by Gasteiger charge is 2.37. The number of fused-ring (bicyclic) bond motifs is 3. The minimum atomic E-state index is -2.88. The first-order valence-electron chi connectivity index (χ1n) is 6.30. The second-order valence-electron chi connectivity index (χ2n) is 4.94. The van der Waals surface area contributed by atoms with Crippen LogP contribution >= 0.6 is 0 Å². The maximum absolute atomic E-state index is 11.7. The molecule has 0 spiro atoms. The van der Waals surface area contributed by atoms with E-state index in [1.165, 1.54) is 0 Å². The maximum Gasteiger partial charge on any atom is 0.154 e. The van der Waals surface area contributed by atoms with Gasteiger partial charge in [0, 0.05) is 19.6 Å². The fourth-order valence-electron chi connectivity index (χ4n) is 2.84. The average molecular weight is 270 g/mol. The van der Waals surface area contributed by atoms with Crippen molar-refractivity contribution in [2.24, 2.45) is 0 Å². The number of nitrogens with one attached hydrogen (secondary N) is 1. The van der Waals surface area contributed by atoms with Crippen molar-refractivity contribution in [1.29, 1.82) is 0 Å². The summed E-state index contributed by atoms with van der Waals surface area (Å²) in [6.45, 7) is 6.10. The normalized spacial score (nSPS) is 25.2. The van der Waals surface area contributed by atoms with E-state index in [4.69, 9.17) is 0 Å². The van der Waals surface area contributed by atoms with Crippen LogP contribution in [-0.4, -0.2) is 48.8 Å². The van der Waals surface area contributed by atoms with Gasteiger partial charge in [0.05, 0.1) is 23.2 Å². The molecule has 2 aliphatic heterocycles. The van der Waals surface area contributed by atoms with Gasteiger partial charge in [0.1, 0.15) is 5.69 Å². The fraction of sp³-hybridized carbons (Fsp3) is 0.727. The third kappa shape index (κ3) is 1.68. The Morgan fingerprint density at radius 2 is 2.28 bits per heavy atom. The van der Waals surface area contributed by atoms with Gasteiger partial charge in [-0.1, -0.05) is 0 Å². The van der Waals surface area contributed by atoms with Crippen LogP contribution in [0.5, 0.6) is 0 Å². The van der Waals surface area contributed by atoms with Gasteiger partial charge in [0.2, 0.25) is 0 Å². The Hall–Kier alpha value is -1.24. The monoisotopic (exact) mass is 270 g/mol. The molecule has 1 N–H and O–H groups in total. The third-order valence-corrected chi connectivity index (χ3v) is 5.41. The van der Waals surface area contributed by atoms with Crippen LogP contribution in [0.15, 0.2) is 0 Å². The number of sulfone groups is 1. The standard InChI is InChI=1S/C11H18N4O2S/c1-3-15-11-10(8(2)13-15)12-6-9-7-18(16,17)5-4-14(9)11/h9,12H,3-7H2,1-2H3. The van der Waals surface area contributed by atoms with Crippen LogP contribution < -0.4 is 10.2 Å². The van der Waals surface area contributed by atoms with Crippen LogP contribution in [0.1, 0.15) is 12.6 Å². The first-order valence-corrected chi connectivity index (χ1v) is 8.12. The summed E-state index contributed by atoms with van der Waals surface area (Å²) < 4.78 is 25.4. The molecule has 0 aliphatic carbocycles. The van der Waals surface area contributed by atoms with E-state index in [1.807, 2.05) is 11.6 Å². The second-order valence-corrected chi connectivity index (χ2v) is 7.17. The number of nitrogens with zero attached hydrogens (tertiary/aromatic N) is 3. The van der Waals surface area contributed by atoms with Gasteiger partial charge in [0.15, 0.2) is 15.7 Å². The molecule has 1 saturated heterocycles. The highest BCUT2D eigenvalue weighted by molar-refractivity contribution is 7.91. The molecule has 1 aromatic rings. The van der Waals surface area contributed by atoms with Gasteiger partial charge in [-0.25, -0.2) is 13.1 Å². The van der Waals surface area contributed by atoms with Crippen molar-refractivity contribution in [2.75, 3.05) is 34.8 Å². The topological polar surface area (TPSA) is 67.2 Å². The zero-order chi connectivity index (χ0) is 12.9. The summed E-state index contributed by atoms with van der Waals surface area (Å²) in [7, 11) is -2.88. The largest absolute Gasteiger partial charge is 0.378 e. The van der Waals surface area contributed by atoms with Crippen molar-refractivity contribution in [3.05, 3.63) is 5.69 Å². The number of aromatic nitrogens is 2. The predicted octanol–water partition coefficient (Wildman–Crippen LogP) is 0.240. The van der Waals surface area contributed by atoms with Crippen molar-refractivity contribution >= 4 is 21.3 Å². The van der Waals surface area contributed by atoms with Crippen molar-refractivity contribution in [1.82, 2.24) is 9.78 Å². The van der Waals surface area contributed by atoms with Gasteiger partial charge in [0.25, 0.3) is 0 Å². The Bertz CT molecular complexity index is 578. The lowest BCUT2D eigenvalue weighted by Gasteiger charge is -2.41. The summed E-state index contributed by atoms with van der Waals surface area (Å²) in [5.74, 6) is 1.55. The van der Waals surface area contributed by atoms with Gasteiger partial charge in [-0.3, -0.25) is 0 Å². The van der Waals surface area contributed by atoms with E-state index in [2.05, 4.69) is 22.2 Å². The van der Waals surface area contributed by atoms with E-state index >= 15 is 0 Å². The first kappa shape index (κ1) is 11.8. The molecule has 1 fully saturated rings. The zero-order valence-electron chi connectivity index (χ0n) is 10.7. The smallest absolute Gasteiger partial charge is 0.154 e.